The van der Waals surface area contributed by atoms with Gasteiger partial charge >= 0.3 is 6.18 Å². The van der Waals surface area contributed by atoms with Gasteiger partial charge in [-0.3, -0.25) is 0 Å². The standard InChI is InChI=1S/C20H22F4N2O2/c1-5-26(3)12-25-17-11-18(28-4)15(10-13(17)2)19(27,20(22,23)24)14-8-6-7-9-16(14)21/h6-12,27H,5H2,1-4H3/b25-12+. The van der Waals surface area contributed by atoms with Gasteiger partial charge in [-0.25, -0.2) is 9.38 Å². The van der Waals surface area contributed by atoms with E-state index in [1.54, 1.807) is 18.9 Å². The highest BCUT2D eigenvalue weighted by atomic mass is 19.4. The second-order valence-electron chi connectivity index (χ2n) is 6.34. The maximum atomic E-state index is 14.2. The first-order chi connectivity index (χ1) is 13.1. The van der Waals surface area contributed by atoms with Crippen LogP contribution in [0.25, 0.3) is 0 Å². The van der Waals surface area contributed by atoms with E-state index in [0.29, 0.717) is 17.8 Å². The van der Waals surface area contributed by atoms with Gasteiger partial charge in [0.15, 0.2) is 0 Å². The number of hydrogen-bond donors (Lipinski definition) is 1. The normalized spacial score (nSPS) is 14.2. The molecule has 28 heavy (non-hydrogen) atoms. The summed E-state index contributed by atoms with van der Waals surface area (Å²) in [4.78, 5) is 6.03. The van der Waals surface area contributed by atoms with Crippen LogP contribution in [0.15, 0.2) is 41.4 Å². The molecule has 152 valence electrons. The SMILES string of the molecule is CCN(C)/C=N/c1cc(OC)c(C(O)(c2ccccc2F)C(F)(F)F)cc1C. The molecule has 2 aromatic rings. The molecule has 0 bridgehead atoms. The van der Waals surface area contributed by atoms with Gasteiger partial charge in [0.1, 0.15) is 11.6 Å². The lowest BCUT2D eigenvalue weighted by molar-refractivity contribution is -0.249. The summed E-state index contributed by atoms with van der Waals surface area (Å²) in [7, 11) is 2.98. The van der Waals surface area contributed by atoms with Gasteiger partial charge in [-0.1, -0.05) is 18.2 Å². The zero-order valence-electron chi connectivity index (χ0n) is 16.0. The highest BCUT2D eigenvalue weighted by molar-refractivity contribution is 5.66. The predicted molar refractivity (Wildman–Crippen MR) is 99.6 cm³/mol. The Balaban J connectivity index is 2.73. The second kappa shape index (κ2) is 8.18. The summed E-state index contributed by atoms with van der Waals surface area (Å²) in [6, 6.07) is 6.66. The molecule has 0 amide bonds. The van der Waals surface area contributed by atoms with E-state index in [9.17, 15) is 22.7 Å². The lowest BCUT2D eigenvalue weighted by Gasteiger charge is -2.33. The number of hydrogen-bond acceptors (Lipinski definition) is 3. The number of aliphatic hydroxyl groups is 1. The molecule has 0 spiro atoms. The molecule has 4 nitrogen and oxygen atoms in total. The first-order valence-corrected chi connectivity index (χ1v) is 8.53. The molecular formula is C20H22F4N2O2. The Morgan fingerprint density at radius 1 is 1.18 bits per heavy atom. The molecule has 0 saturated carbocycles. The second-order valence-corrected chi connectivity index (χ2v) is 6.34. The molecule has 2 rings (SSSR count). The average molecular weight is 398 g/mol. The lowest BCUT2D eigenvalue weighted by Crippen LogP contribution is -2.44. The number of aryl methyl sites for hydroxylation is 1. The summed E-state index contributed by atoms with van der Waals surface area (Å²) >= 11 is 0. The molecule has 1 N–H and O–H groups in total. The number of halogens is 4. The number of methoxy groups -OCH3 is 1. The lowest BCUT2D eigenvalue weighted by atomic mass is 9.83. The van der Waals surface area contributed by atoms with E-state index in [1.807, 2.05) is 6.92 Å². The predicted octanol–water partition coefficient (Wildman–Crippen LogP) is 4.55. The summed E-state index contributed by atoms with van der Waals surface area (Å²) in [6.07, 6.45) is -3.66. The van der Waals surface area contributed by atoms with E-state index < -0.39 is 28.7 Å². The molecule has 0 saturated heterocycles. The van der Waals surface area contributed by atoms with E-state index in [4.69, 9.17) is 4.74 Å². The van der Waals surface area contributed by atoms with Crippen molar-refractivity contribution in [3.63, 3.8) is 0 Å². The fourth-order valence-electron chi connectivity index (χ4n) is 2.72. The van der Waals surface area contributed by atoms with Crippen LogP contribution in [0.4, 0.5) is 23.2 Å². The molecule has 0 aliphatic rings. The number of rotatable bonds is 6. The Kier molecular flexibility index (Phi) is 6.34. The molecule has 1 atom stereocenters. The molecule has 0 aromatic heterocycles. The Morgan fingerprint density at radius 2 is 1.82 bits per heavy atom. The fourth-order valence-corrected chi connectivity index (χ4v) is 2.72. The van der Waals surface area contributed by atoms with Crippen molar-refractivity contribution in [1.82, 2.24) is 4.90 Å². The van der Waals surface area contributed by atoms with E-state index in [2.05, 4.69) is 4.99 Å². The van der Waals surface area contributed by atoms with Crippen molar-refractivity contribution in [2.75, 3.05) is 20.7 Å². The van der Waals surface area contributed by atoms with Crippen molar-refractivity contribution < 1.29 is 27.4 Å². The maximum Gasteiger partial charge on any atom is 0.426 e. The number of ether oxygens (including phenoxy) is 1. The van der Waals surface area contributed by atoms with Gasteiger partial charge in [-0.05, 0) is 31.5 Å². The van der Waals surface area contributed by atoms with Crippen LogP contribution < -0.4 is 4.74 Å². The van der Waals surface area contributed by atoms with Crippen molar-refractivity contribution in [2.45, 2.75) is 25.6 Å². The first-order valence-electron chi connectivity index (χ1n) is 8.53. The fraction of sp³-hybridized carbons (Fsp3) is 0.350. The summed E-state index contributed by atoms with van der Waals surface area (Å²) in [6.45, 7) is 4.17. The number of alkyl halides is 3. The van der Waals surface area contributed by atoms with Gasteiger partial charge in [0.2, 0.25) is 5.60 Å². The minimum atomic E-state index is -5.19. The van der Waals surface area contributed by atoms with E-state index >= 15 is 0 Å². The Hall–Kier alpha value is -2.61. The van der Waals surface area contributed by atoms with Gasteiger partial charge in [0.05, 0.1) is 19.1 Å². The highest BCUT2D eigenvalue weighted by Gasteiger charge is 2.58. The third-order valence-corrected chi connectivity index (χ3v) is 4.47. The van der Waals surface area contributed by atoms with Crippen molar-refractivity contribution in [3.8, 4) is 5.75 Å². The largest absolute Gasteiger partial charge is 0.496 e. The smallest absolute Gasteiger partial charge is 0.426 e. The topological polar surface area (TPSA) is 45.1 Å². The average Bonchev–Trinajstić information content (AvgIpc) is 2.65. The highest BCUT2D eigenvalue weighted by Crippen LogP contribution is 2.49. The van der Waals surface area contributed by atoms with Gasteiger partial charge < -0.3 is 14.7 Å². The molecule has 1 unspecified atom stereocenters. The molecule has 0 heterocycles. The Bertz CT molecular complexity index is 868. The van der Waals surface area contributed by atoms with Crippen LogP contribution in [0.5, 0.6) is 5.75 Å². The van der Waals surface area contributed by atoms with Crippen LogP contribution in [-0.2, 0) is 5.60 Å². The van der Waals surface area contributed by atoms with Crippen LogP contribution in [0.1, 0.15) is 23.6 Å². The van der Waals surface area contributed by atoms with Crippen LogP contribution >= 0.6 is 0 Å². The zero-order valence-corrected chi connectivity index (χ0v) is 16.0. The summed E-state index contributed by atoms with van der Waals surface area (Å²) in [5, 5.41) is 10.8. The summed E-state index contributed by atoms with van der Waals surface area (Å²) in [5.74, 6) is -1.42. The maximum absolute atomic E-state index is 14.2. The quantitative estimate of drug-likeness (QED) is 0.441. The van der Waals surface area contributed by atoms with Crippen molar-refractivity contribution >= 4 is 12.0 Å². The molecule has 0 fully saturated rings. The molecule has 2 aromatic carbocycles. The zero-order chi connectivity index (χ0) is 21.1. The van der Waals surface area contributed by atoms with E-state index in [0.717, 1.165) is 18.2 Å². The van der Waals surface area contributed by atoms with Crippen LogP contribution in [0.2, 0.25) is 0 Å². The van der Waals surface area contributed by atoms with Crippen LogP contribution in [0.3, 0.4) is 0 Å². The number of nitrogens with zero attached hydrogens (tertiary/aromatic N) is 2. The third kappa shape index (κ3) is 3.96. The number of benzene rings is 2. The summed E-state index contributed by atoms with van der Waals surface area (Å²) < 4.78 is 61.3. The minimum Gasteiger partial charge on any atom is -0.496 e. The van der Waals surface area contributed by atoms with Gasteiger partial charge in [0.25, 0.3) is 0 Å². The number of aliphatic imine (C=N–C) groups is 1. The third-order valence-electron chi connectivity index (χ3n) is 4.47. The van der Waals surface area contributed by atoms with Gasteiger partial charge in [-0.2, -0.15) is 13.2 Å². The molecule has 0 aliphatic heterocycles. The van der Waals surface area contributed by atoms with Crippen LogP contribution in [0, 0.1) is 12.7 Å². The monoisotopic (exact) mass is 398 g/mol. The van der Waals surface area contributed by atoms with Crippen LogP contribution in [-0.4, -0.2) is 43.2 Å². The van der Waals surface area contributed by atoms with E-state index in [1.165, 1.54) is 31.6 Å². The van der Waals surface area contributed by atoms with Crippen molar-refractivity contribution in [1.29, 1.82) is 0 Å². The van der Waals surface area contributed by atoms with Gasteiger partial charge in [0, 0.05) is 30.8 Å². The van der Waals surface area contributed by atoms with Gasteiger partial charge in [-0.15, -0.1) is 0 Å². The molecule has 0 radical (unpaired) electrons. The van der Waals surface area contributed by atoms with Crippen molar-refractivity contribution in [3.05, 3.63) is 58.9 Å². The first kappa shape index (κ1) is 21.7. The Labute approximate surface area is 161 Å². The van der Waals surface area contributed by atoms with E-state index in [-0.39, 0.29) is 5.75 Å². The molecule has 0 aliphatic carbocycles. The molecular weight excluding hydrogens is 376 g/mol. The molecule has 8 heteroatoms. The summed E-state index contributed by atoms with van der Waals surface area (Å²) in [5.41, 5.74) is -4.35. The van der Waals surface area contributed by atoms with Crippen molar-refractivity contribution in [2.24, 2.45) is 4.99 Å². The Morgan fingerprint density at radius 3 is 2.36 bits per heavy atom. The minimum absolute atomic E-state index is 0.250.